The molecule has 4 aliphatic carbocycles. The molecule has 0 amide bonds. The fraction of sp³-hybridized carbons (Fsp3) is 0.667. The minimum Gasteiger partial charge on any atom is -0.458 e. The molecule has 284 valence electrons. The molecule has 10 atom stereocenters. The Morgan fingerprint density at radius 1 is 0.981 bits per heavy atom. The van der Waals surface area contributed by atoms with Crippen LogP contribution in [0.2, 0.25) is 0 Å². The van der Waals surface area contributed by atoms with E-state index in [4.69, 9.17) is 28.4 Å². The number of ketones is 1. The van der Waals surface area contributed by atoms with Crippen molar-refractivity contribution < 1.29 is 62.6 Å². The van der Waals surface area contributed by atoms with E-state index in [1.807, 2.05) is 20.8 Å². The van der Waals surface area contributed by atoms with E-state index in [2.05, 4.69) is 0 Å². The van der Waals surface area contributed by atoms with Gasteiger partial charge in [-0.3, -0.25) is 14.4 Å². The lowest BCUT2D eigenvalue weighted by molar-refractivity contribution is -0.494. The summed E-state index contributed by atoms with van der Waals surface area (Å²) in [5.74, 6) is -4.46. The minimum absolute atomic E-state index is 0.0632. The van der Waals surface area contributed by atoms with Gasteiger partial charge in [0.05, 0.1) is 30.1 Å². The predicted octanol–water partition coefficient (Wildman–Crippen LogP) is 4.39. The lowest BCUT2D eigenvalue weighted by Crippen LogP contribution is -2.96. The third kappa shape index (κ3) is 5.32. The second kappa shape index (κ2) is 12.4. The highest BCUT2D eigenvalue weighted by Crippen LogP contribution is 2.75. The monoisotopic (exact) mass is 726 g/mol. The number of carbonyl (C=O) groups excluding carboxylic acids is 5. The van der Waals surface area contributed by atoms with Crippen molar-refractivity contribution >= 4 is 29.8 Å². The normalized spacial score (nSPS) is 38.5. The highest BCUT2D eigenvalue weighted by atomic mass is 16.8. The van der Waals surface area contributed by atoms with Gasteiger partial charge in [-0.05, 0) is 49.0 Å². The fourth-order valence-electron chi connectivity index (χ4n) is 9.68. The summed E-state index contributed by atoms with van der Waals surface area (Å²) in [5.41, 5.74) is -8.28. The Morgan fingerprint density at radius 2 is 1.62 bits per heavy atom. The SMILES string of the molecule is COC(=O)O[C@@]12C3C[C@]1(C[C@H](O)C1(C)C(=O)[C@H](OC(C)=O)C4=C(C)[C@@H](OC(=O)CCC(C)(C)C)CC(O)([C@@H](OC(=O)c5ccccc5)[C@@H]12)C4(C)C)O3. The predicted molar refractivity (Wildman–Crippen MR) is 181 cm³/mol. The van der Waals surface area contributed by atoms with Crippen LogP contribution in [0, 0.1) is 22.2 Å². The van der Waals surface area contributed by atoms with Crippen LogP contribution in [0.15, 0.2) is 41.5 Å². The van der Waals surface area contributed by atoms with Gasteiger partial charge in [0.2, 0.25) is 0 Å². The van der Waals surface area contributed by atoms with E-state index in [0.29, 0.717) is 18.4 Å². The summed E-state index contributed by atoms with van der Waals surface area (Å²) < 4.78 is 35.5. The molecule has 13 nitrogen and oxygen atoms in total. The molecular formula is C39H50O13. The van der Waals surface area contributed by atoms with Crippen molar-refractivity contribution in [1.29, 1.82) is 0 Å². The molecule has 4 bridgehead atoms. The van der Waals surface area contributed by atoms with Crippen molar-refractivity contribution in [2.45, 2.75) is 135 Å². The molecule has 13 heteroatoms. The summed E-state index contributed by atoms with van der Waals surface area (Å²) >= 11 is 0. The zero-order chi connectivity index (χ0) is 38.4. The van der Waals surface area contributed by atoms with E-state index < -0.39 is 93.9 Å². The Kier molecular flexibility index (Phi) is 9.03. The van der Waals surface area contributed by atoms with Gasteiger partial charge in [-0.25, -0.2) is 9.59 Å². The quantitative estimate of drug-likeness (QED) is 0.230. The third-order valence-electron chi connectivity index (χ3n) is 12.7. The number of carbonyl (C=O) groups is 5. The molecule has 1 aromatic rings. The van der Waals surface area contributed by atoms with Crippen LogP contribution < -0.4 is 0 Å². The maximum absolute atomic E-state index is 15.4. The van der Waals surface area contributed by atoms with Crippen LogP contribution in [0.3, 0.4) is 0 Å². The molecule has 2 aliphatic heterocycles. The summed E-state index contributed by atoms with van der Waals surface area (Å²) in [4.78, 5) is 68.8. The summed E-state index contributed by atoms with van der Waals surface area (Å²) in [6, 6.07) is 8.05. The van der Waals surface area contributed by atoms with Gasteiger partial charge in [-0.2, -0.15) is 0 Å². The first-order chi connectivity index (χ1) is 24.1. The number of benzene rings is 1. The maximum Gasteiger partial charge on any atom is 0.508 e. The largest absolute Gasteiger partial charge is 0.508 e. The van der Waals surface area contributed by atoms with Crippen molar-refractivity contribution in [1.82, 2.24) is 0 Å². The number of esters is 3. The standard InChI is InChI=1S/C39H50O13/c1-20-23(49-26(42)15-16-34(3,4)5)17-38(46)31(50-32(44)22-13-11-10-12-14-22)29-36(8,30(43)28(48-21(2)40)27(20)35(38,6)7)24(41)18-37-19-25(51-37)39(29,37)52-33(45)47-9/h10-14,23-25,28-29,31,41,46H,15-19H2,1-9H3/t23-,24-,25?,28+,29-,31-,36?,37-,38?,39+/m0/s1. The van der Waals surface area contributed by atoms with Crippen LogP contribution in [-0.2, 0) is 42.8 Å². The van der Waals surface area contributed by atoms with Gasteiger partial charge < -0.3 is 38.6 Å². The fourth-order valence-corrected chi connectivity index (χ4v) is 9.68. The Bertz CT molecular complexity index is 1700. The van der Waals surface area contributed by atoms with Crippen molar-refractivity contribution in [3.63, 3.8) is 0 Å². The molecule has 0 aromatic heterocycles. The van der Waals surface area contributed by atoms with E-state index in [9.17, 15) is 29.4 Å². The van der Waals surface area contributed by atoms with E-state index in [0.717, 1.165) is 14.0 Å². The number of ether oxygens (including phenoxy) is 6. The molecule has 6 aliphatic rings. The second-order valence-electron chi connectivity index (χ2n) is 17.1. The number of aliphatic hydroxyl groups is 2. The molecular weight excluding hydrogens is 676 g/mol. The van der Waals surface area contributed by atoms with Crippen molar-refractivity contribution in [2.75, 3.05) is 7.11 Å². The highest BCUT2D eigenvalue weighted by molar-refractivity contribution is 5.96. The molecule has 3 unspecified atom stereocenters. The van der Waals surface area contributed by atoms with E-state index in [1.165, 1.54) is 19.1 Å². The number of methoxy groups -OCH3 is 1. The Hall–Kier alpha value is -3.81. The first-order valence-electron chi connectivity index (χ1n) is 17.8. The Balaban J connectivity index is 1.62. The molecule has 2 N–H and O–H groups in total. The van der Waals surface area contributed by atoms with Crippen molar-refractivity contribution in [3.05, 3.63) is 47.0 Å². The van der Waals surface area contributed by atoms with Gasteiger partial charge in [0.25, 0.3) is 0 Å². The third-order valence-corrected chi connectivity index (χ3v) is 12.7. The van der Waals surface area contributed by atoms with Crippen LogP contribution in [-0.4, -0.2) is 94.5 Å². The first kappa shape index (κ1) is 37.9. The lowest BCUT2D eigenvalue weighted by atomic mass is 9.36. The molecule has 7 rings (SSSR count). The number of fused-ring (bicyclic) bond motifs is 3. The number of hydrogen-bond donors (Lipinski definition) is 2. The van der Waals surface area contributed by atoms with Crippen LogP contribution in [0.4, 0.5) is 4.79 Å². The van der Waals surface area contributed by atoms with Gasteiger partial charge in [-0.15, -0.1) is 0 Å². The average Bonchev–Trinajstić information content (AvgIpc) is 3.04. The maximum atomic E-state index is 15.4. The first-order valence-corrected chi connectivity index (χ1v) is 17.8. The van der Waals surface area contributed by atoms with Crippen LogP contribution in [0.1, 0.15) is 97.9 Å². The van der Waals surface area contributed by atoms with Crippen LogP contribution in [0.25, 0.3) is 0 Å². The number of aliphatic hydroxyl groups excluding tert-OH is 1. The van der Waals surface area contributed by atoms with Crippen LogP contribution in [0.5, 0.6) is 0 Å². The Labute approximate surface area is 303 Å². The van der Waals surface area contributed by atoms with Gasteiger partial charge >= 0.3 is 24.1 Å². The van der Waals surface area contributed by atoms with E-state index in [1.54, 1.807) is 39.0 Å². The average molecular weight is 727 g/mol. The molecule has 1 aromatic carbocycles. The highest BCUT2D eigenvalue weighted by Gasteiger charge is 2.91. The molecule has 2 heterocycles. The molecule has 0 radical (unpaired) electrons. The zero-order valence-electron chi connectivity index (χ0n) is 31.3. The number of Topliss-reactive ketones (excluding diaryl/α,β-unsaturated/α-hetero) is 1. The van der Waals surface area contributed by atoms with Crippen LogP contribution >= 0.6 is 0 Å². The lowest BCUT2D eigenvalue weighted by Gasteiger charge is -2.80. The summed E-state index contributed by atoms with van der Waals surface area (Å²) in [6.45, 7) is 13.5. The van der Waals surface area contributed by atoms with Crippen molar-refractivity contribution in [3.8, 4) is 0 Å². The molecule has 5 fully saturated rings. The van der Waals surface area contributed by atoms with Gasteiger partial charge in [-0.1, -0.05) is 52.8 Å². The minimum atomic E-state index is -2.21. The molecule has 2 saturated heterocycles. The van der Waals surface area contributed by atoms with E-state index in [-0.39, 0.29) is 35.8 Å². The summed E-state index contributed by atoms with van der Waals surface area (Å²) in [6.07, 6.45) is -7.52. The molecule has 3 saturated carbocycles. The molecule has 52 heavy (non-hydrogen) atoms. The second-order valence-corrected chi connectivity index (χ2v) is 17.1. The zero-order valence-corrected chi connectivity index (χ0v) is 31.3. The van der Waals surface area contributed by atoms with Crippen molar-refractivity contribution in [2.24, 2.45) is 22.2 Å². The summed E-state index contributed by atoms with van der Waals surface area (Å²) in [5, 5.41) is 25.6. The topological polar surface area (TPSA) is 181 Å². The number of hydrogen-bond acceptors (Lipinski definition) is 13. The van der Waals surface area contributed by atoms with Gasteiger partial charge in [0.1, 0.15) is 29.5 Å². The van der Waals surface area contributed by atoms with Gasteiger partial charge in [0, 0.05) is 38.0 Å². The summed E-state index contributed by atoms with van der Waals surface area (Å²) in [7, 11) is 1.12. The van der Waals surface area contributed by atoms with E-state index >= 15 is 4.79 Å². The smallest absolute Gasteiger partial charge is 0.458 e. The number of rotatable bonds is 7. The van der Waals surface area contributed by atoms with Gasteiger partial charge in [0.15, 0.2) is 17.5 Å². The Morgan fingerprint density at radius 3 is 2.15 bits per heavy atom. The molecule has 1 spiro atoms.